The highest BCUT2D eigenvalue weighted by Crippen LogP contribution is 2.20. The van der Waals surface area contributed by atoms with Crippen LogP contribution in [0.2, 0.25) is 0 Å². The largest absolute Gasteiger partial charge is 0.398 e. The molecule has 0 fully saturated rings. The lowest BCUT2D eigenvalue weighted by Crippen LogP contribution is -2.31. The van der Waals surface area contributed by atoms with Crippen LogP contribution in [-0.4, -0.2) is 21.7 Å². The van der Waals surface area contributed by atoms with E-state index in [0.717, 1.165) is 22.5 Å². The predicted octanol–water partition coefficient (Wildman–Crippen LogP) is 3.97. The Morgan fingerprint density at radius 1 is 1.10 bits per heavy atom. The molecule has 0 aliphatic carbocycles. The molecular weight excluding hydrogens is 364 g/mol. The molecule has 3 rings (SSSR count). The second-order valence-corrected chi connectivity index (χ2v) is 6.90. The first-order valence-corrected chi connectivity index (χ1v) is 9.26. The maximum atomic E-state index is 12.3. The Bertz CT molecular complexity index is 1030. The summed E-state index contributed by atoms with van der Waals surface area (Å²) >= 11 is 0. The number of carbonyl (C=O) groups excluding carboxylic acids is 1. The van der Waals surface area contributed by atoms with E-state index in [9.17, 15) is 4.79 Å². The Morgan fingerprint density at radius 2 is 1.76 bits per heavy atom. The molecule has 1 aromatic carbocycles. The first-order chi connectivity index (χ1) is 13.8. The van der Waals surface area contributed by atoms with Crippen molar-refractivity contribution in [2.24, 2.45) is 0 Å². The van der Waals surface area contributed by atoms with Gasteiger partial charge >= 0.3 is 6.03 Å². The molecule has 7 nitrogen and oxygen atoms in total. The standard InChI is InChI=1S/C22H24N6O/c1-13-9-17(10-14(2)26-13)21(24)18-12-25-20(11-19(18)23)28-22(29)27-15(3)16-7-5-4-6-8-16/h4-12,15,24H,1-3H3,(H4,23,25,27,28,29). The van der Waals surface area contributed by atoms with Crippen LogP contribution in [0, 0.1) is 19.3 Å². The highest BCUT2D eigenvalue weighted by atomic mass is 16.2. The van der Waals surface area contributed by atoms with E-state index < -0.39 is 0 Å². The molecule has 2 heterocycles. The number of hydrogen-bond donors (Lipinski definition) is 4. The Hall–Kier alpha value is -3.74. The summed E-state index contributed by atoms with van der Waals surface area (Å²) in [6, 6.07) is 14.4. The van der Waals surface area contributed by atoms with Gasteiger partial charge in [0, 0.05) is 40.5 Å². The Kier molecular flexibility index (Phi) is 5.87. The molecule has 2 amide bonds. The van der Waals surface area contributed by atoms with Gasteiger partial charge in [-0.05, 0) is 38.5 Å². The van der Waals surface area contributed by atoms with Crippen LogP contribution in [-0.2, 0) is 0 Å². The molecule has 0 bridgehead atoms. The fourth-order valence-corrected chi connectivity index (χ4v) is 3.06. The number of nitrogens with two attached hydrogens (primary N) is 1. The summed E-state index contributed by atoms with van der Waals surface area (Å²) in [6.07, 6.45) is 1.50. The van der Waals surface area contributed by atoms with E-state index in [1.807, 2.05) is 63.2 Å². The van der Waals surface area contributed by atoms with Crippen molar-refractivity contribution in [3.05, 3.63) is 82.8 Å². The first kappa shape index (κ1) is 20.0. The summed E-state index contributed by atoms with van der Waals surface area (Å²) in [4.78, 5) is 20.8. The molecule has 2 aromatic heterocycles. The fraction of sp³-hybridized carbons (Fsp3) is 0.182. The van der Waals surface area contributed by atoms with Gasteiger partial charge in [0.1, 0.15) is 5.82 Å². The van der Waals surface area contributed by atoms with E-state index in [4.69, 9.17) is 11.1 Å². The number of benzene rings is 1. The maximum Gasteiger partial charge on any atom is 0.320 e. The van der Waals surface area contributed by atoms with Crippen LogP contribution in [0.4, 0.5) is 16.3 Å². The molecule has 148 valence electrons. The lowest BCUT2D eigenvalue weighted by molar-refractivity contribution is 0.249. The van der Waals surface area contributed by atoms with Crippen LogP contribution in [0.3, 0.4) is 0 Å². The molecule has 0 radical (unpaired) electrons. The van der Waals surface area contributed by atoms with Crippen molar-refractivity contribution in [3.63, 3.8) is 0 Å². The molecular formula is C22H24N6O. The lowest BCUT2D eigenvalue weighted by atomic mass is 10.0. The average Bonchev–Trinajstić information content (AvgIpc) is 2.67. The van der Waals surface area contributed by atoms with Gasteiger partial charge in [0.05, 0.1) is 11.8 Å². The van der Waals surface area contributed by atoms with E-state index in [1.54, 1.807) is 6.07 Å². The van der Waals surface area contributed by atoms with Crippen molar-refractivity contribution in [1.29, 1.82) is 5.41 Å². The number of urea groups is 1. The van der Waals surface area contributed by atoms with E-state index in [-0.39, 0.29) is 17.8 Å². The summed E-state index contributed by atoms with van der Waals surface area (Å²) in [7, 11) is 0. The third kappa shape index (κ3) is 4.95. The normalized spacial score (nSPS) is 11.6. The maximum absolute atomic E-state index is 12.3. The minimum Gasteiger partial charge on any atom is -0.398 e. The third-order valence-corrected chi connectivity index (χ3v) is 4.46. The van der Waals surface area contributed by atoms with Crippen molar-refractivity contribution in [2.45, 2.75) is 26.8 Å². The predicted molar refractivity (Wildman–Crippen MR) is 115 cm³/mol. The van der Waals surface area contributed by atoms with Gasteiger partial charge in [0.25, 0.3) is 0 Å². The fourth-order valence-electron chi connectivity index (χ4n) is 3.06. The number of hydrogen-bond acceptors (Lipinski definition) is 5. The van der Waals surface area contributed by atoms with Crippen molar-refractivity contribution in [3.8, 4) is 0 Å². The second-order valence-electron chi connectivity index (χ2n) is 6.90. The van der Waals surface area contributed by atoms with Gasteiger partial charge in [-0.15, -0.1) is 0 Å². The van der Waals surface area contributed by atoms with Gasteiger partial charge in [-0.3, -0.25) is 15.7 Å². The molecule has 3 aromatic rings. The molecule has 5 N–H and O–H groups in total. The number of rotatable bonds is 5. The minimum absolute atomic E-state index is 0.154. The number of aromatic nitrogens is 2. The van der Waals surface area contributed by atoms with Gasteiger partial charge < -0.3 is 11.1 Å². The summed E-state index contributed by atoms with van der Waals surface area (Å²) in [6.45, 7) is 5.67. The SMILES string of the molecule is Cc1cc(C(=N)c2cnc(NC(=O)NC(C)c3ccccc3)cc2N)cc(C)n1. The van der Waals surface area contributed by atoms with Crippen molar-refractivity contribution in [1.82, 2.24) is 15.3 Å². The van der Waals surface area contributed by atoms with Crippen molar-refractivity contribution >= 4 is 23.2 Å². The number of nitrogens with one attached hydrogen (secondary N) is 3. The quantitative estimate of drug-likeness (QED) is 0.495. The smallest absolute Gasteiger partial charge is 0.320 e. The summed E-state index contributed by atoms with van der Waals surface area (Å²) in [5, 5.41) is 14.0. The van der Waals surface area contributed by atoms with E-state index >= 15 is 0 Å². The van der Waals surface area contributed by atoms with Crippen LogP contribution in [0.15, 0.2) is 54.7 Å². The number of amides is 2. The third-order valence-electron chi connectivity index (χ3n) is 4.46. The zero-order valence-corrected chi connectivity index (χ0v) is 16.7. The molecule has 29 heavy (non-hydrogen) atoms. The number of nitrogen functional groups attached to an aromatic ring is 1. The Labute approximate surface area is 169 Å². The summed E-state index contributed by atoms with van der Waals surface area (Å²) in [5.41, 5.74) is 10.6. The lowest BCUT2D eigenvalue weighted by Gasteiger charge is -2.15. The van der Waals surface area contributed by atoms with Crippen LogP contribution < -0.4 is 16.4 Å². The topological polar surface area (TPSA) is 117 Å². The van der Waals surface area contributed by atoms with Crippen LogP contribution in [0.5, 0.6) is 0 Å². The van der Waals surface area contributed by atoms with E-state index in [0.29, 0.717) is 17.1 Å². The molecule has 0 aliphatic heterocycles. The first-order valence-electron chi connectivity index (χ1n) is 9.26. The van der Waals surface area contributed by atoms with Crippen LogP contribution in [0.1, 0.15) is 41.0 Å². The highest BCUT2D eigenvalue weighted by Gasteiger charge is 2.14. The minimum atomic E-state index is -0.378. The second kappa shape index (κ2) is 8.52. The van der Waals surface area contributed by atoms with Crippen molar-refractivity contribution in [2.75, 3.05) is 11.1 Å². The van der Waals surface area contributed by atoms with E-state index in [2.05, 4.69) is 20.6 Å². The van der Waals surface area contributed by atoms with E-state index in [1.165, 1.54) is 6.20 Å². The Morgan fingerprint density at radius 3 is 2.38 bits per heavy atom. The van der Waals surface area contributed by atoms with Crippen molar-refractivity contribution < 1.29 is 4.79 Å². The highest BCUT2D eigenvalue weighted by molar-refractivity contribution is 6.14. The van der Waals surface area contributed by atoms with Gasteiger partial charge in [-0.25, -0.2) is 9.78 Å². The molecule has 0 spiro atoms. The molecule has 0 saturated heterocycles. The van der Waals surface area contributed by atoms with Gasteiger partial charge in [-0.2, -0.15) is 0 Å². The molecule has 0 saturated carbocycles. The number of carbonyl (C=O) groups is 1. The van der Waals surface area contributed by atoms with Crippen LogP contribution in [0.25, 0.3) is 0 Å². The van der Waals surface area contributed by atoms with Gasteiger partial charge in [-0.1, -0.05) is 30.3 Å². The monoisotopic (exact) mass is 388 g/mol. The zero-order chi connectivity index (χ0) is 21.0. The zero-order valence-electron chi connectivity index (χ0n) is 16.7. The summed E-state index contributed by atoms with van der Waals surface area (Å²) < 4.78 is 0. The number of aryl methyl sites for hydroxylation is 2. The van der Waals surface area contributed by atoms with Crippen LogP contribution >= 0.6 is 0 Å². The number of pyridine rings is 2. The Balaban J connectivity index is 1.70. The molecule has 1 atom stereocenters. The molecule has 7 heteroatoms. The molecule has 0 aliphatic rings. The number of anilines is 2. The average molecular weight is 388 g/mol. The number of nitrogens with zero attached hydrogens (tertiary/aromatic N) is 2. The summed E-state index contributed by atoms with van der Waals surface area (Å²) in [5.74, 6) is 0.318. The van der Waals surface area contributed by atoms with Gasteiger partial charge in [0.2, 0.25) is 0 Å². The molecule has 1 unspecified atom stereocenters. The van der Waals surface area contributed by atoms with Gasteiger partial charge in [0.15, 0.2) is 0 Å².